The van der Waals surface area contributed by atoms with Gasteiger partial charge < -0.3 is 10.1 Å². The summed E-state index contributed by atoms with van der Waals surface area (Å²) in [5.41, 5.74) is 0.960. The van der Waals surface area contributed by atoms with E-state index in [1.54, 1.807) is 0 Å². The number of hydrogen-bond acceptors (Lipinski definition) is 3. The number of hydrogen-bond donors (Lipinski definition) is 1. The predicted octanol–water partition coefficient (Wildman–Crippen LogP) is 3.78. The normalized spacial score (nSPS) is 17.2. The van der Waals surface area contributed by atoms with E-state index in [1.807, 2.05) is 24.4 Å². The van der Waals surface area contributed by atoms with Crippen LogP contribution in [0, 0.1) is 5.92 Å². The van der Waals surface area contributed by atoms with Gasteiger partial charge in [-0.15, -0.1) is 0 Å². The molecule has 1 aliphatic carbocycles. The number of nitrogens with one attached hydrogen (secondary N) is 1. The zero-order valence-corrected chi connectivity index (χ0v) is 12.7. The number of nitrogens with zero attached hydrogens (tertiary/aromatic N) is 1. The van der Waals surface area contributed by atoms with Gasteiger partial charge in [0.15, 0.2) is 0 Å². The first-order chi connectivity index (χ1) is 10.4. The fourth-order valence-corrected chi connectivity index (χ4v) is 3.36. The molecule has 0 aliphatic heterocycles. The molecule has 1 aromatic heterocycles. The number of aromatic nitrogens is 1. The van der Waals surface area contributed by atoms with Gasteiger partial charge in [0.05, 0.1) is 0 Å². The number of pyridine rings is 1. The maximum absolute atomic E-state index is 6.12. The minimum absolute atomic E-state index is 0.455. The fraction of sp³-hybridized carbons (Fsp3) is 0.500. The third kappa shape index (κ3) is 3.35. The van der Waals surface area contributed by atoms with Crippen LogP contribution >= 0.6 is 0 Å². The third-order valence-electron chi connectivity index (χ3n) is 4.45. The maximum Gasteiger partial charge on any atom is 0.145 e. The van der Waals surface area contributed by atoms with E-state index in [9.17, 15) is 0 Å². The van der Waals surface area contributed by atoms with Crippen LogP contribution in [0.1, 0.15) is 32.6 Å². The van der Waals surface area contributed by atoms with Gasteiger partial charge in [0, 0.05) is 17.6 Å². The van der Waals surface area contributed by atoms with E-state index in [2.05, 4.69) is 29.4 Å². The molecule has 1 saturated carbocycles. The third-order valence-corrected chi connectivity index (χ3v) is 4.45. The first kappa shape index (κ1) is 14.3. The van der Waals surface area contributed by atoms with Crippen molar-refractivity contribution in [2.75, 3.05) is 13.2 Å². The Kier molecular flexibility index (Phi) is 4.71. The Morgan fingerprint density at radius 3 is 2.86 bits per heavy atom. The summed E-state index contributed by atoms with van der Waals surface area (Å²) in [6, 6.07) is 10.6. The van der Waals surface area contributed by atoms with Crippen molar-refractivity contribution < 1.29 is 4.74 Å². The van der Waals surface area contributed by atoms with Crippen LogP contribution in [0.4, 0.5) is 0 Å². The lowest BCUT2D eigenvalue weighted by Crippen LogP contribution is -2.40. The highest BCUT2D eigenvalue weighted by atomic mass is 16.5. The van der Waals surface area contributed by atoms with Crippen molar-refractivity contribution in [3.05, 3.63) is 36.5 Å². The molecular weight excluding hydrogens is 260 g/mol. The highest BCUT2D eigenvalue weighted by Gasteiger charge is 2.25. The standard InChI is InChI=1S/C18H24N2O/c1-2-19-16(14-7-3-4-8-14)13-21-17-11-5-9-15-10-6-12-20-18(15)17/h5-6,9-12,14,16,19H,2-4,7-8,13H2,1H3. The molecule has 1 heterocycles. The Morgan fingerprint density at radius 1 is 1.24 bits per heavy atom. The van der Waals surface area contributed by atoms with E-state index in [4.69, 9.17) is 4.74 Å². The summed E-state index contributed by atoms with van der Waals surface area (Å²) in [5.74, 6) is 1.65. The van der Waals surface area contributed by atoms with Crippen molar-refractivity contribution >= 4 is 10.9 Å². The van der Waals surface area contributed by atoms with Gasteiger partial charge in [0.25, 0.3) is 0 Å². The SMILES string of the molecule is CCNC(COc1cccc2cccnc12)C1CCCC1. The number of fused-ring (bicyclic) bond motifs is 1. The minimum Gasteiger partial charge on any atom is -0.490 e. The summed E-state index contributed by atoms with van der Waals surface area (Å²) in [6.45, 7) is 3.90. The topological polar surface area (TPSA) is 34.1 Å². The van der Waals surface area contributed by atoms with E-state index in [0.29, 0.717) is 6.04 Å². The first-order valence-electron chi connectivity index (χ1n) is 8.08. The van der Waals surface area contributed by atoms with E-state index in [0.717, 1.165) is 35.7 Å². The Bertz CT molecular complexity index is 573. The number of ether oxygens (including phenoxy) is 1. The molecule has 112 valence electrons. The second kappa shape index (κ2) is 6.90. The molecule has 0 spiro atoms. The Morgan fingerprint density at radius 2 is 2.05 bits per heavy atom. The number of likely N-dealkylation sites (N-methyl/N-ethyl adjacent to an activating group) is 1. The quantitative estimate of drug-likeness (QED) is 0.876. The second-order valence-corrected chi connectivity index (χ2v) is 5.85. The lowest BCUT2D eigenvalue weighted by atomic mass is 9.99. The number of para-hydroxylation sites is 1. The molecule has 2 aromatic rings. The number of rotatable bonds is 6. The summed E-state index contributed by atoms with van der Waals surface area (Å²) in [4.78, 5) is 4.46. The Hall–Kier alpha value is -1.61. The molecule has 1 N–H and O–H groups in total. The van der Waals surface area contributed by atoms with Crippen LogP contribution in [0.25, 0.3) is 10.9 Å². The lowest BCUT2D eigenvalue weighted by Gasteiger charge is -2.24. The molecule has 21 heavy (non-hydrogen) atoms. The highest BCUT2D eigenvalue weighted by Crippen LogP contribution is 2.29. The number of benzene rings is 1. The van der Waals surface area contributed by atoms with Crippen molar-refractivity contribution in [1.29, 1.82) is 0 Å². The Balaban J connectivity index is 1.72. The monoisotopic (exact) mass is 284 g/mol. The van der Waals surface area contributed by atoms with Crippen molar-refractivity contribution in [2.45, 2.75) is 38.6 Å². The predicted molar refractivity (Wildman–Crippen MR) is 86.7 cm³/mol. The van der Waals surface area contributed by atoms with Crippen LogP contribution in [-0.2, 0) is 0 Å². The molecule has 0 bridgehead atoms. The first-order valence-corrected chi connectivity index (χ1v) is 8.08. The summed E-state index contributed by atoms with van der Waals surface area (Å²) in [6.07, 6.45) is 7.21. The van der Waals surface area contributed by atoms with Gasteiger partial charge in [-0.05, 0) is 37.4 Å². The van der Waals surface area contributed by atoms with Gasteiger partial charge in [-0.25, -0.2) is 0 Å². The van der Waals surface area contributed by atoms with E-state index in [-0.39, 0.29) is 0 Å². The van der Waals surface area contributed by atoms with Crippen LogP contribution in [0.5, 0.6) is 5.75 Å². The minimum atomic E-state index is 0.455. The van der Waals surface area contributed by atoms with Crippen LogP contribution < -0.4 is 10.1 Å². The molecule has 1 aliphatic rings. The summed E-state index contributed by atoms with van der Waals surface area (Å²) in [7, 11) is 0. The van der Waals surface area contributed by atoms with Crippen molar-refractivity contribution in [2.24, 2.45) is 5.92 Å². The smallest absolute Gasteiger partial charge is 0.145 e. The molecule has 1 fully saturated rings. The van der Waals surface area contributed by atoms with E-state index < -0.39 is 0 Å². The maximum atomic E-state index is 6.12. The van der Waals surface area contributed by atoms with Crippen LogP contribution in [0.15, 0.2) is 36.5 Å². The fourth-order valence-electron chi connectivity index (χ4n) is 3.36. The van der Waals surface area contributed by atoms with Crippen molar-refractivity contribution in [1.82, 2.24) is 10.3 Å². The van der Waals surface area contributed by atoms with Gasteiger partial charge in [-0.1, -0.05) is 38.0 Å². The van der Waals surface area contributed by atoms with Crippen molar-refractivity contribution in [3.63, 3.8) is 0 Å². The van der Waals surface area contributed by atoms with Gasteiger partial charge in [-0.3, -0.25) is 4.98 Å². The van der Waals surface area contributed by atoms with Crippen LogP contribution in [-0.4, -0.2) is 24.2 Å². The van der Waals surface area contributed by atoms with Gasteiger partial charge in [0.2, 0.25) is 0 Å². The Labute approximate surface area is 126 Å². The molecule has 0 saturated heterocycles. The van der Waals surface area contributed by atoms with E-state index >= 15 is 0 Å². The van der Waals surface area contributed by atoms with Gasteiger partial charge in [0.1, 0.15) is 17.9 Å². The molecule has 3 nitrogen and oxygen atoms in total. The van der Waals surface area contributed by atoms with E-state index in [1.165, 1.54) is 25.7 Å². The molecule has 3 heteroatoms. The lowest BCUT2D eigenvalue weighted by molar-refractivity contribution is 0.221. The zero-order chi connectivity index (χ0) is 14.5. The molecule has 0 amide bonds. The van der Waals surface area contributed by atoms with Crippen LogP contribution in [0.3, 0.4) is 0 Å². The van der Waals surface area contributed by atoms with Gasteiger partial charge >= 0.3 is 0 Å². The molecular formula is C18H24N2O. The van der Waals surface area contributed by atoms with Crippen molar-refractivity contribution in [3.8, 4) is 5.75 Å². The summed E-state index contributed by atoms with van der Waals surface area (Å²) < 4.78 is 6.12. The largest absolute Gasteiger partial charge is 0.490 e. The summed E-state index contributed by atoms with van der Waals surface area (Å²) >= 11 is 0. The average Bonchev–Trinajstić information content (AvgIpc) is 3.05. The second-order valence-electron chi connectivity index (χ2n) is 5.85. The molecule has 1 unspecified atom stereocenters. The highest BCUT2D eigenvalue weighted by molar-refractivity contribution is 5.84. The zero-order valence-electron chi connectivity index (χ0n) is 12.7. The average molecular weight is 284 g/mol. The summed E-state index contributed by atoms with van der Waals surface area (Å²) in [5, 5.41) is 4.73. The molecule has 1 aromatic carbocycles. The molecule has 0 radical (unpaired) electrons. The van der Waals surface area contributed by atoms with Gasteiger partial charge in [-0.2, -0.15) is 0 Å². The molecule has 3 rings (SSSR count). The molecule has 1 atom stereocenters. The van der Waals surface area contributed by atoms with Crippen LogP contribution in [0.2, 0.25) is 0 Å².